The quantitative estimate of drug-likeness (QED) is 0.868. The lowest BCUT2D eigenvalue weighted by atomic mass is 9.92. The highest BCUT2D eigenvalue weighted by Crippen LogP contribution is 2.32. The number of aliphatic hydroxyl groups is 1. The molecule has 0 radical (unpaired) electrons. The predicted molar refractivity (Wildman–Crippen MR) is 92.1 cm³/mol. The Labute approximate surface area is 141 Å². The predicted octanol–water partition coefficient (Wildman–Crippen LogP) is 2.40. The van der Waals surface area contributed by atoms with E-state index in [4.69, 9.17) is 4.74 Å². The number of anilines is 1. The molecule has 128 valence electrons. The SMILES string of the molecule is CCOC(=O)c1nnc2ccccc2c1N1CCCC(C(C)O)C1. The van der Waals surface area contributed by atoms with Gasteiger partial charge in [0.25, 0.3) is 0 Å². The summed E-state index contributed by atoms with van der Waals surface area (Å²) < 4.78 is 5.17. The van der Waals surface area contributed by atoms with Crippen LogP contribution in [0.3, 0.4) is 0 Å². The fourth-order valence-electron chi connectivity index (χ4n) is 3.30. The molecule has 0 aliphatic carbocycles. The Morgan fingerprint density at radius 3 is 2.96 bits per heavy atom. The average Bonchev–Trinajstić information content (AvgIpc) is 2.61. The van der Waals surface area contributed by atoms with Crippen LogP contribution in [0.5, 0.6) is 0 Å². The van der Waals surface area contributed by atoms with Crippen molar-refractivity contribution in [2.45, 2.75) is 32.8 Å². The second-order valence-corrected chi connectivity index (χ2v) is 6.22. The number of benzene rings is 1. The van der Waals surface area contributed by atoms with Gasteiger partial charge in [0.15, 0.2) is 5.69 Å². The topological polar surface area (TPSA) is 75.5 Å². The number of hydrogen-bond acceptors (Lipinski definition) is 6. The summed E-state index contributed by atoms with van der Waals surface area (Å²) in [6.07, 6.45) is 1.58. The highest BCUT2D eigenvalue weighted by Gasteiger charge is 2.29. The molecule has 1 aliphatic rings. The summed E-state index contributed by atoms with van der Waals surface area (Å²) in [4.78, 5) is 14.5. The summed E-state index contributed by atoms with van der Waals surface area (Å²) in [7, 11) is 0. The fourth-order valence-corrected chi connectivity index (χ4v) is 3.30. The summed E-state index contributed by atoms with van der Waals surface area (Å²) in [5.74, 6) is -0.273. The van der Waals surface area contributed by atoms with Gasteiger partial charge < -0.3 is 14.7 Å². The van der Waals surface area contributed by atoms with Crippen LogP contribution >= 0.6 is 0 Å². The van der Waals surface area contributed by atoms with Crippen molar-refractivity contribution in [1.82, 2.24) is 10.2 Å². The zero-order chi connectivity index (χ0) is 17.1. The number of rotatable bonds is 4. The molecule has 1 aromatic heterocycles. The van der Waals surface area contributed by atoms with Crippen LogP contribution in [0.1, 0.15) is 37.2 Å². The van der Waals surface area contributed by atoms with Gasteiger partial charge in [-0.25, -0.2) is 4.79 Å². The summed E-state index contributed by atoms with van der Waals surface area (Å²) in [5.41, 5.74) is 1.77. The number of ether oxygens (including phenoxy) is 1. The lowest BCUT2D eigenvalue weighted by molar-refractivity contribution is 0.0519. The highest BCUT2D eigenvalue weighted by molar-refractivity contribution is 6.03. The minimum Gasteiger partial charge on any atom is -0.461 e. The Morgan fingerprint density at radius 1 is 1.42 bits per heavy atom. The van der Waals surface area contributed by atoms with E-state index in [9.17, 15) is 9.90 Å². The zero-order valence-electron chi connectivity index (χ0n) is 14.1. The van der Waals surface area contributed by atoms with Crippen LogP contribution in [0, 0.1) is 5.92 Å². The Morgan fingerprint density at radius 2 is 2.21 bits per heavy atom. The van der Waals surface area contributed by atoms with Crippen LogP contribution in [0.25, 0.3) is 10.9 Å². The number of carbonyl (C=O) groups excluding carboxylic acids is 1. The second kappa shape index (κ2) is 7.13. The molecule has 2 atom stereocenters. The normalized spacial score (nSPS) is 19.3. The van der Waals surface area contributed by atoms with E-state index in [0.717, 1.165) is 36.0 Å². The number of fused-ring (bicyclic) bond motifs is 1. The molecular weight excluding hydrogens is 306 g/mol. The average molecular weight is 329 g/mol. The molecule has 1 N–H and O–H groups in total. The molecule has 2 unspecified atom stereocenters. The molecule has 24 heavy (non-hydrogen) atoms. The summed E-state index contributed by atoms with van der Waals surface area (Å²) >= 11 is 0. The van der Waals surface area contributed by atoms with E-state index in [2.05, 4.69) is 15.1 Å². The monoisotopic (exact) mass is 329 g/mol. The van der Waals surface area contributed by atoms with Gasteiger partial charge in [0.05, 0.1) is 23.9 Å². The second-order valence-electron chi connectivity index (χ2n) is 6.22. The molecule has 0 spiro atoms. The van der Waals surface area contributed by atoms with Crippen LogP contribution in [0.15, 0.2) is 24.3 Å². The molecule has 1 aliphatic heterocycles. The van der Waals surface area contributed by atoms with Gasteiger partial charge in [0.1, 0.15) is 0 Å². The first kappa shape index (κ1) is 16.6. The van der Waals surface area contributed by atoms with E-state index in [-0.39, 0.29) is 17.7 Å². The van der Waals surface area contributed by atoms with Gasteiger partial charge in [0.2, 0.25) is 0 Å². The number of hydrogen-bond donors (Lipinski definition) is 1. The smallest absolute Gasteiger partial charge is 0.361 e. The molecule has 2 aromatic rings. The molecule has 6 nitrogen and oxygen atoms in total. The number of esters is 1. The van der Waals surface area contributed by atoms with Gasteiger partial charge >= 0.3 is 5.97 Å². The summed E-state index contributed by atoms with van der Waals surface area (Å²) in [5, 5.41) is 19.2. The first-order chi connectivity index (χ1) is 11.6. The minimum absolute atomic E-state index is 0.181. The first-order valence-corrected chi connectivity index (χ1v) is 8.47. The summed E-state index contributed by atoms with van der Waals surface area (Å²) in [6.45, 7) is 5.41. The van der Waals surface area contributed by atoms with E-state index in [1.54, 1.807) is 6.92 Å². The fraction of sp³-hybridized carbons (Fsp3) is 0.500. The molecule has 6 heteroatoms. The standard InChI is InChI=1S/C18H23N3O3/c1-3-24-18(23)16-17(14-8-4-5-9-15(14)19-20-16)21-10-6-7-13(11-21)12(2)22/h4-5,8-9,12-13,22H,3,6-7,10-11H2,1-2H3. The van der Waals surface area contributed by atoms with E-state index in [0.29, 0.717) is 13.2 Å². The maximum absolute atomic E-state index is 12.4. The Hall–Kier alpha value is -2.21. The molecule has 0 saturated carbocycles. The maximum atomic E-state index is 12.4. The summed E-state index contributed by atoms with van der Waals surface area (Å²) in [6, 6.07) is 7.67. The Balaban J connectivity index is 2.09. The van der Waals surface area contributed by atoms with E-state index < -0.39 is 5.97 Å². The third-order valence-corrected chi connectivity index (χ3v) is 4.57. The van der Waals surface area contributed by atoms with Crippen LogP contribution in [-0.4, -0.2) is 47.1 Å². The molecule has 0 bridgehead atoms. The maximum Gasteiger partial charge on any atom is 0.361 e. The number of piperidine rings is 1. The number of aliphatic hydroxyl groups excluding tert-OH is 1. The molecule has 1 fully saturated rings. The van der Waals surface area contributed by atoms with E-state index in [1.165, 1.54) is 0 Å². The Kier molecular flexibility index (Phi) is 4.94. The van der Waals surface area contributed by atoms with Gasteiger partial charge in [-0.2, -0.15) is 0 Å². The van der Waals surface area contributed by atoms with Crippen molar-refractivity contribution in [2.75, 3.05) is 24.6 Å². The van der Waals surface area contributed by atoms with Crippen molar-refractivity contribution in [1.29, 1.82) is 0 Å². The lowest BCUT2D eigenvalue weighted by Crippen LogP contribution is -2.40. The van der Waals surface area contributed by atoms with Gasteiger partial charge in [-0.3, -0.25) is 0 Å². The van der Waals surface area contributed by atoms with Crippen LogP contribution < -0.4 is 4.90 Å². The van der Waals surface area contributed by atoms with Crippen LogP contribution in [0.2, 0.25) is 0 Å². The minimum atomic E-state index is -0.454. The largest absolute Gasteiger partial charge is 0.461 e. The van der Waals surface area contributed by atoms with Crippen molar-refractivity contribution >= 4 is 22.6 Å². The third-order valence-electron chi connectivity index (χ3n) is 4.57. The highest BCUT2D eigenvalue weighted by atomic mass is 16.5. The molecular formula is C18H23N3O3. The van der Waals surface area contributed by atoms with Gasteiger partial charge in [0, 0.05) is 24.4 Å². The lowest BCUT2D eigenvalue weighted by Gasteiger charge is -2.36. The first-order valence-electron chi connectivity index (χ1n) is 8.47. The molecule has 1 saturated heterocycles. The van der Waals surface area contributed by atoms with Crippen molar-refractivity contribution < 1.29 is 14.6 Å². The molecule has 2 heterocycles. The Bertz CT molecular complexity index is 733. The van der Waals surface area contributed by atoms with Crippen LogP contribution in [0.4, 0.5) is 5.69 Å². The van der Waals surface area contributed by atoms with E-state index >= 15 is 0 Å². The van der Waals surface area contributed by atoms with Gasteiger partial charge in [-0.1, -0.05) is 18.2 Å². The number of aromatic nitrogens is 2. The van der Waals surface area contributed by atoms with Crippen molar-refractivity contribution in [3.05, 3.63) is 30.0 Å². The van der Waals surface area contributed by atoms with Crippen LogP contribution in [-0.2, 0) is 4.74 Å². The zero-order valence-corrected chi connectivity index (χ0v) is 14.1. The molecule has 3 rings (SSSR count). The molecule has 0 amide bonds. The van der Waals surface area contributed by atoms with Gasteiger partial charge in [-0.05, 0) is 32.8 Å². The number of nitrogens with zero attached hydrogens (tertiary/aromatic N) is 3. The van der Waals surface area contributed by atoms with Crippen molar-refractivity contribution in [3.8, 4) is 0 Å². The molecule has 1 aromatic carbocycles. The number of carbonyl (C=O) groups is 1. The van der Waals surface area contributed by atoms with E-state index in [1.807, 2.05) is 31.2 Å². The van der Waals surface area contributed by atoms with Gasteiger partial charge in [-0.15, -0.1) is 10.2 Å². The van der Waals surface area contributed by atoms with Crippen molar-refractivity contribution in [3.63, 3.8) is 0 Å². The van der Waals surface area contributed by atoms with Crippen molar-refractivity contribution in [2.24, 2.45) is 5.92 Å². The third kappa shape index (κ3) is 3.19.